The third kappa shape index (κ3) is 2.25. The van der Waals surface area contributed by atoms with Gasteiger partial charge in [0.15, 0.2) is 5.78 Å². The molecule has 1 fully saturated rings. The first-order chi connectivity index (χ1) is 8.01. The van der Waals surface area contributed by atoms with E-state index in [2.05, 4.69) is 4.98 Å². The summed E-state index contributed by atoms with van der Waals surface area (Å²) >= 11 is 0. The third-order valence-electron chi connectivity index (χ3n) is 3.45. The number of H-pyrrole nitrogens is 1. The zero-order chi connectivity index (χ0) is 12.5. The minimum absolute atomic E-state index is 0.0190. The number of aromatic nitrogens is 1. The highest BCUT2D eigenvalue weighted by atomic mass is 16.2. The van der Waals surface area contributed by atoms with Crippen LogP contribution in [0.25, 0.3) is 0 Å². The first-order valence-electron chi connectivity index (χ1n) is 5.98. The Balaban J connectivity index is 2.10. The van der Waals surface area contributed by atoms with Gasteiger partial charge in [-0.15, -0.1) is 0 Å². The number of carbonyl (C=O) groups excluding carboxylic acids is 2. The van der Waals surface area contributed by atoms with Gasteiger partial charge in [-0.1, -0.05) is 0 Å². The molecule has 92 valence electrons. The molecule has 1 saturated heterocycles. The van der Waals surface area contributed by atoms with E-state index in [1.807, 2.05) is 26.0 Å². The smallest absolute Gasteiger partial charge is 0.229 e. The van der Waals surface area contributed by atoms with Crippen LogP contribution >= 0.6 is 0 Å². The van der Waals surface area contributed by atoms with E-state index < -0.39 is 5.54 Å². The van der Waals surface area contributed by atoms with Crippen LogP contribution in [0, 0.1) is 0 Å². The van der Waals surface area contributed by atoms with Crippen molar-refractivity contribution < 1.29 is 9.59 Å². The van der Waals surface area contributed by atoms with Crippen molar-refractivity contribution in [3.63, 3.8) is 0 Å². The number of Topliss-reactive ketones (excluding diaryl/α,β-unsaturated/α-hetero) is 1. The zero-order valence-corrected chi connectivity index (χ0v) is 10.3. The lowest BCUT2D eigenvalue weighted by atomic mass is 9.88. The minimum Gasteiger partial charge on any atom is -0.365 e. The molecule has 2 heterocycles. The quantitative estimate of drug-likeness (QED) is 0.843. The predicted molar refractivity (Wildman–Crippen MR) is 64.5 cm³/mol. The van der Waals surface area contributed by atoms with E-state index in [0.29, 0.717) is 19.4 Å². The van der Waals surface area contributed by atoms with Gasteiger partial charge in [-0.2, -0.15) is 0 Å². The topological polar surface area (TPSA) is 53.2 Å². The molecular weight excluding hydrogens is 216 g/mol. The van der Waals surface area contributed by atoms with Crippen LogP contribution in [-0.4, -0.2) is 33.7 Å². The highest BCUT2D eigenvalue weighted by Gasteiger charge is 2.39. The largest absolute Gasteiger partial charge is 0.365 e. The summed E-state index contributed by atoms with van der Waals surface area (Å²) in [5.41, 5.74) is 0.242. The van der Waals surface area contributed by atoms with Crippen molar-refractivity contribution in [1.29, 1.82) is 0 Å². The van der Waals surface area contributed by atoms with Gasteiger partial charge in [0, 0.05) is 24.9 Å². The number of nitrogens with zero attached hydrogens (tertiary/aromatic N) is 1. The van der Waals surface area contributed by atoms with Crippen LogP contribution in [0.1, 0.15) is 32.4 Å². The second-order valence-corrected chi connectivity index (χ2v) is 5.00. The van der Waals surface area contributed by atoms with Crippen LogP contribution in [0.5, 0.6) is 0 Å². The summed E-state index contributed by atoms with van der Waals surface area (Å²) in [5, 5.41) is 0. The van der Waals surface area contributed by atoms with Crippen molar-refractivity contribution in [3.05, 3.63) is 24.0 Å². The summed E-state index contributed by atoms with van der Waals surface area (Å²) in [7, 11) is 0. The van der Waals surface area contributed by atoms with E-state index in [9.17, 15) is 9.59 Å². The van der Waals surface area contributed by atoms with Gasteiger partial charge >= 0.3 is 0 Å². The van der Waals surface area contributed by atoms with E-state index in [-0.39, 0.29) is 11.7 Å². The van der Waals surface area contributed by atoms with Crippen LogP contribution < -0.4 is 0 Å². The third-order valence-corrected chi connectivity index (χ3v) is 3.45. The summed E-state index contributed by atoms with van der Waals surface area (Å²) in [5.74, 6) is 0.175. The number of piperidine rings is 1. The predicted octanol–water partition coefficient (Wildman–Crippen LogP) is 1.53. The van der Waals surface area contributed by atoms with Gasteiger partial charge in [0.25, 0.3) is 0 Å². The molecule has 1 N–H and O–H groups in total. The molecule has 4 heteroatoms. The molecule has 0 spiro atoms. The van der Waals surface area contributed by atoms with Crippen molar-refractivity contribution in [3.8, 4) is 0 Å². The van der Waals surface area contributed by atoms with Crippen LogP contribution in [0.2, 0.25) is 0 Å². The van der Waals surface area contributed by atoms with Crippen LogP contribution in [0.15, 0.2) is 18.3 Å². The van der Waals surface area contributed by atoms with Crippen molar-refractivity contribution in [2.24, 2.45) is 0 Å². The summed E-state index contributed by atoms with van der Waals surface area (Å²) in [6.07, 6.45) is 3.50. The first kappa shape index (κ1) is 11.9. The van der Waals surface area contributed by atoms with Gasteiger partial charge in [-0.25, -0.2) is 0 Å². The van der Waals surface area contributed by atoms with Crippen LogP contribution in [0.4, 0.5) is 0 Å². The number of rotatable bonds is 2. The van der Waals surface area contributed by atoms with Gasteiger partial charge in [-0.3, -0.25) is 9.59 Å². The van der Waals surface area contributed by atoms with Crippen LogP contribution in [-0.2, 0) is 16.0 Å². The van der Waals surface area contributed by atoms with Gasteiger partial charge in [0.05, 0.1) is 12.0 Å². The SMILES string of the molecule is CC1(C)C(=O)CCCN1C(=O)Cc1ccc[nH]1. The first-order valence-corrected chi connectivity index (χ1v) is 5.98. The lowest BCUT2D eigenvalue weighted by Crippen LogP contribution is -2.56. The van der Waals surface area contributed by atoms with Crippen LogP contribution in [0.3, 0.4) is 0 Å². The number of hydrogen-bond acceptors (Lipinski definition) is 2. The molecule has 1 amide bonds. The van der Waals surface area contributed by atoms with Crippen molar-refractivity contribution in [1.82, 2.24) is 9.88 Å². The molecule has 0 aromatic carbocycles. The van der Waals surface area contributed by atoms with E-state index in [0.717, 1.165) is 12.1 Å². The fourth-order valence-electron chi connectivity index (χ4n) is 2.31. The number of aromatic amines is 1. The maximum atomic E-state index is 12.2. The Morgan fingerprint density at radius 1 is 1.53 bits per heavy atom. The van der Waals surface area contributed by atoms with Gasteiger partial charge in [0.1, 0.15) is 0 Å². The molecule has 1 aliphatic rings. The van der Waals surface area contributed by atoms with E-state index in [1.54, 1.807) is 11.1 Å². The molecule has 1 aliphatic heterocycles. The molecule has 0 aliphatic carbocycles. The summed E-state index contributed by atoms with van der Waals surface area (Å²) in [6, 6.07) is 3.76. The molecule has 4 nitrogen and oxygen atoms in total. The van der Waals surface area contributed by atoms with Gasteiger partial charge in [-0.05, 0) is 32.4 Å². The second kappa shape index (κ2) is 4.35. The fourth-order valence-corrected chi connectivity index (χ4v) is 2.31. The molecule has 0 radical (unpaired) electrons. The molecule has 17 heavy (non-hydrogen) atoms. The van der Waals surface area contributed by atoms with Gasteiger partial charge < -0.3 is 9.88 Å². The van der Waals surface area contributed by atoms with E-state index >= 15 is 0 Å². The molecule has 0 saturated carbocycles. The zero-order valence-electron chi connectivity index (χ0n) is 10.3. The Labute approximate surface area is 101 Å². The standard InChI is InChI=1S/C13H18N2O2/c1-13(2)11(16)6-4-8-15(13)12(17)9-10-5-3-7-14-10/h3,5,7,14H,4,6,8-9H2,1-2H3. The number of amides is 1. The van der Waals surface area contributed by atoms with Crippen molar-refractivity contribution in [2.45, 2.75) is 38.6 Å². The van der Waals surface area contributed by atoms with E-state index in [4.69, 9.17) is 0 Å². The molecule has 1 aromatic rings. The Bertz CT molecular complexity index is 421. The number of carbonyl (C=O) groups is 2. The lowest BCUT2D eigenvalue weighted by Gasteiger charge is -2.41. The molecular formula is C13H18N2O2. The highest BCUT2D eigenvalue weighted by molar-refractivity contribution is 5.93. The van der Waals surface area contributed by atoms with Gasteiger partial charge in [0.2, 0.25) is 5.91 Å². The highest BCUT2D eigenvalue weighted by Crippen LogP contribution is 2.24. The number of likely N-dealkylation sites (tertiary alicyclic amines) is 1. The summed E-state index contributed by atoms with van der Waals surface area (Å²) in [4.78, 5) is 28.7. The number of ketones is 1. The average Bonchev–Trinajstić information content (AvgIpc) is 2.74. The summed E-state index contributed by atoms with van der Waals surface area (Å²) < 4.78 is 0. The Hall–Kier alpha value is -1.58. The Kier molecular flexibility index (Phi) is 3.05. The Morgan fingerprint density at radius 2 is 2.29 bits per heavy atom. The maximum absolute atomic E-state index is 12.2. The summed E-state index contributed by atoms with van der Waals surface area (Å²) in [6.45, 7) is 4.35. The minimum atomic E-state index is -0.651. The number of hydrogen-bond donors (Lipinski definition) is 1. The molecule has 0 atom stereocenters. The second-order valence-electron chi connectivity index (χ2n) is 5.00. The fraction of sp³-hybridized carbons (Fsp3) is 0.538. The Morgan fingerprint density at radius 3 is 2.94 bits per heavy atom. The van der Waals surface area contributed by atoms with E-state index in [1.165, 1.54) is 0 Å². The molecule has 0 unspecified atom stereocenters. The van der Waals surface area contributed by atoms with Crippen molar-refractivity contribution in [2.75, 3.05) is 6.54 Å². The maximum Gasteiger partial charge on any atom is 0.229 e. The monoisotopic (exact) mass is 234 g/mol. The normalized spacial score (nSPS) is 19.4. The molecule has 2 rings (SSSR count). The lowest BCUT2D eigenvalue weighted by molar-refractivity contribution is -0.147. The number of nitrogens with one attached hydrogen (secondary N) is 1. The van der Waals surface area contributed by atoms with Crippen molar-refractivity contribution >= 4 is 11.7 Å². The molecule has 0 bridgehead atoms. The molecule has 1 aromatic heterocycles. The average molecular weight is 234 g/mol.